The minimum absolute atomic E-state index is 0.399. The second-order valence-electron chi connectivity index (χ2n) is 8.32. The van der Waals surface area contributed by atoms with Crippen LogP contribution in [0.25, 0.3) is 0 Å². The van der Waals surface area contributed by atoms with E-state index in [4.69, 9.17) is 35.7 Å². The molecule has 2 aromatic carbocycles. The van der Waals surface area contributed by atoms with Gasteiger partial charge in [0.25, 0.3) is 0 Å². The Balaban J connectivity index is 0.000000454. The van der Waals surface area contributed by atoms with Gasteiger partial charge in [-0.1, -0.05) is 39.7 Å². The number of hydrogen-bond acceptors (Lipinski definition) is 6. The maximum Gasteiger partial charge on any atom is 0.490 e. The number of aliphatic carboxylic acids is 1. The van der Waals surface area contributed by atoms with E-state index in [0.29, 0.717) is 37.1 Å². The minimum atomic E-state index is -5.08. The van der Waals surface area contributed by atoms with E-state index >= 15 is 0 Å². The molecule has 36 heavy (non-hydrogen) atoms. The molecule has 7 nitrogen and oxygen atoms in total. The van der Waals surface area contributed by atoms with Crippen LogP contribution in [0.3, 0.4) is 0 Å². The van der Waals surface area contributed by atoms with Gasteiger partial charge < -0.3 is 29.3 Å². The second-order valence-corrected chi connectivity index (χ2v) is 9.68. The van der Waals surface area contributed by atoms with Gasteiger partial charge in [-0.3, -0.25) is 0 Å². The average molecular weight is 597 g/mol. The van der Waals surface area contributed by atoms with Gasteiger partial charge in [-0.25, -0.2) is 4.79 Å². The summed E-state index contributed by atoms with van der Waals surface area (Å²) >= 11 is 9.45. The second kappa shape index (κ2) is 12.6. The molecule has 1 atom stereocenters. The molecule has 2 aromatic rings. The Morgan fingerprint density at radius 3 is 2.28 bits per heavy atom. The van der Waals surface area contributed by atoms with Crippen LogP contribution >= 0.6 is 27.5 Å². The molecule has 2 aliphatic heterocycles. The summed E-state index contributed by atoms with van der Waals surface area (Å²) < 4.78 is 50.3. The summed E-state index contributed by atoms with van der Waals surface area (Å²) in [5.41, 5.74) is 1.80. The highest BCUT2D eigenvalue weighted by Gasteiger charge is 2.40. The monoisotopic (exact) mass is 595 g/mol. The molecule has 2 heterocycles. The van der Waals surface area contributed by atoms with Crippen LogP contribution in [0, 0.1) is 0 Å². The minimum Gasteiger partial charge on any atom is -0.489 e. The SMILES string of the molecule is O=C(O)C(F)(F)F.OC(CN1CCC2(CC1)OCCO2)c1cc(Br)ccc1OCc1ccc(Cl)cc1. The van der Waals surface area contributed by atoms with Crippen molar-refractivity contribution in [2.45, 2.75) is 37.5 Å². The highest BCUT2D eigenvalue weighted by Crippen LogP contribution is 2.34. The number of carboxylic acids is 1. The van der Waals surface area contributed by atoms with Gasteiger partial charge in [-0.2, -0.15) is 13.2 Å². The van der Waals surface area contributed by atoms with E-state index < -0.39 is 24.0 Å². The highest BCUT2D eigenvalue weighted by molar-refractivity contribution is 9.10. The molecule has 2 aliphatic rings. The van der Waals surface area contributed by atoms with Gasteiger partial charge in [0.05, 0.1) is 19.3 Å². The van der Waals surface area contributed by atoms with Crippen LogP contribution in [-0.2, 0) is 20.9 Å². The fourth-order valence-corrected chi connectivity index (χ4v) is 4.36. The molecule has 0 aromatic heterocycles. The van der Waals surface area contributed by atoms with Gasteiger partial charge in [0.2, 0.25) is 0 Å². The number of benzene rings is 2. The summed E-state index contributed by atoms with van der Waals surface area (Å²) in [5.74, 6) is -2.47. The predicted molar refractivity (Wildman–Crippen MR) is 129 cm³/mol. The molecular formula is C24H26BrClF3NO6. The first-order chi connectivity index (χ1) is 17.0. The fourth-order valence-electron chi connectivity index (χ4n) is 3.86. The van der Waals surface area contributed by atoms with E-state index in [2.05, 4.69) is 20.8 Å². The first kappa shape index (κ1) is 28.7. The molecule has 0 amide bonds. The largest absolute Gasteiger partial charge is 0.490 e. The molecule has 198 valence electrons. The van der Waals surface area contributed by atoms with Crippen molar-refractivity contribution in [1.29, 1.82) is 0 Å². The normalized spacial score (nSPS) is 18.4. The van der Waals surface area contributed by atoms with E-state index in [9.17, 15) is 18.3 Å². The Labute approximate surface area is 219 Å². The van der Waals surface area contributed by atoms with Crippen molar-refractivity contribution >= 4 is 33.5 Å². The Morgan fingerprint density at radius 1 is 1.14 bits per heavy atom. The van der Waals surface area contributed by atoms with E-state index in [-0.39, 0.29) is 0 Å². The number of carboxylic acid groups (broad SMARTS) is 1. The van der Waals surface area contributed by atoms with Crippen molar-refractivity contribution in [3.63, 3.8) is 0 Å². The van der Waals surface area contributed by atoms with E-state index in [1.54, 1.807) is 0 Å². The van der Waals surface area contributed by atoms with Crippen molar-refractivity contribution in [2.24, 2.45) is 0 Å². The average Bonchev–Trinajstić information content (AvgIpc) is 3.28. The molecule has 0 aliphatic carbocycles. The van der Waals surface area contributed by atoms with Gasteiger partial charge in [0, 0.05) is 47.5 Å². The zero-order chi connectivity index (χ0) is 26.3. The number of hydrogen-bond donors (Lipinski definition) is 2. The summed E-state index contributed by atoms with van der Waals surface area (Å²) in [5, 5.41) is 18.8. The van der Waals surface area contributed by atoms with Crippen molar-refractivity contribution in [2.75, 3.05) is 32.8 Å². The van der Waals surface area contributed by atoms with Gasteiger partial charge in [0.1, 0.15) is 12.4 Å². The lowest BCUT2D eigenvalue weighted by Crippen LogP contribution is -2.46. The topological polar surface area (TPSA) is 88.5 Å². The van der Waals surface area contributed by atoms with E-state index in [0.717, 1.165) is 41.5 Å². The van der Waals surface area contributed by atoms with Crippen LogP contribution in [0.5, 0.6) is 5.75 Å². The fraction of sp³-hybridized carbons (Fsp3) is 0.458. The zero-order valence-corrected chi connectivity index (χ0v) is 21.5. The first-order valence-electron chi connectivity index (χ1n) is 11.1. The number of aliphatic hydroxyl groups excluding tert-OH is 1. The summed E-state index contributed by atoms with van der Waals surface area (Å²) in [6.07, 6.45) is -4.07. The summed E-state index contributed by atoms with van der Waals surface area (Å²) in [4.78, 5) is 11.2. The number of likely N-dealkylation sites (tertiary alicyclic amines) is 1. The van der Waals surface area contributed by atoms with Crippen molar-refractivity contribution in [3.8, 4) is 5.75 Å². The zero-order valence-electron chi connectivity index (χ0n) is 19.1. The number of β-amino-alcohol motifs (C(OH)–C–C–N with tert-alkyl or cyclic N) is 1. The molecule has 0 radical (unpaired) electrons. The van der Waals surface area contributed by atoms with Gasteiger partial charge in [-0.15, -0.1) is 0 Å². The third-order valence-corrected chi connectivity index (χ3v) is 6.49. The molecule has 0 saturated carbocycles. The number of piperidine rings is 1. The van der Waals surface area contributed by atoms with Crippen LogP contribution in [0.15, 0.2) is 46.9 Å². The Hall–Kier alpha value is -1.89. The molecule has 2 saturated heterocycles. The van der Waals surface area contributed by atoms with Crippen LogP contribution in [0.4, 0.5) is 13.2 Å². The van der Waals surface area contributed by atoms with E-state index in [1.165, 1.54) is 0 Å². The summed E-state index contributed by atoms with van der Waals surface area (Å²) in [6, 6.07) is 13.3. The number of alkyl halides is 3. The highest BCUT2D eigenvalue weighted by atomic mass is 79.9. The number of nitrogens with zero attached hydrogens (tertiary/aromatic N) is 1. The Morgan fingerprint density at radius 2 is 1.72 bits per heavy atom. The molecule has 4 rings (SSSR count). The molecule has 2 N–H and O–H groups in total. The van der Waals surface area contributed by atoms with Crippen LogP contribution in [-0.4, -0.2) is 65.9 Å². The van der Waals surface area contributed by atoms with Crippen LogP contribution < -0.4 is 4.74 Å². The number of ether oxygens (including phenoxy) is 3. The van der Waals surface area contributed by atoms with Crippen molar-refractivity contribution < 1.29 is 42.4 Å². The maximum atomic E-state index is 10.9. The maximum absolute atomic E-state index is 10.9. The smallest absolute Gasteiger partial charge is 0.489 e. The molecule has 1 spiro atoms. The van der Waals surface area contributed by atoms with Gasteiger partial charge >= 0.3 is 12.1 Å². The molecule has 12 heteroatoms. The predicted octanol–water partition coefficient (Wildman–Crippen LogP) is 5.19. The quantitative estimate of drug-likeness (QED) is 0.475. The number of rotatable bonds is 6. The molecule has 2 fully saturated rings. The van der Waals surface area contributed by atoms with Gasteiger partial charge in [-0.05, 0) is 35.9 Å². The van der Waals surface area contributed by atoms with Crippen LogP contribution in [0.2, 0.25) is 5.02 Å². The van der Waals surface area contributed by atoms with E-state index in [1.807, 2.05) is 42.5 Å². The first-order valence-corrected chi connectivity index (χ1v) is 12.3. The van der Waals surface area contributed by atoms with Crippen LogP contribution in [0.1, 0.15) is 30.1 Å². The Kier molecular flexibility index (Phi) is 10.0. The Bertz CT molecular complexity index is 1010. The molecule has 1 unspecified atom stereocenters. The molecular weight excluding hydrogens is 571 g/mol. The van der Waals surface area contributed by atoms with Gasteiger partial charge in [0.15, 0.2) is 5.79 Å². The summed E-state index contributed by atoms with van der Waals surface area (Å²) in [7, 11) is 0. The van der Waals surface area contributed by atoms with Crippen molar-refractivity contribution in [3.05, 3.63) is 63.1 Å². The lowest BCUT2D eigenvalue weighted by Gasteiger charge is -2.38. The number of halogens is 5. The third kappa shape index (κ3) is 8.32. The lowest BCUT2D eigenvalue weighted by atomic mass is 10.0. The molecule has 0 bridgehead atoms. The standard InChI is InChI=1S/C22H25BrClNO4.C2HF3O2/c23-17-3-6-21(27-15-16-1-4-18(24)5-2-16)19(13-17)20(26)14-25-9-7-22(8-10-25)28-11-12-29-22;3-2(4,5)1(6)7/h1-6,13,20,26H,7-12,14-15H2;(H,6,7). The number of aliphatic hydroxyl groups is 1. The third-order valence-electron chi connectivity index (χ3n) is 5.74. The lowest BCUT2D eigenvalue weighted by molar-refractivity contribution is -0.192. The van der Waals surface area contributed by atoms with Crippen molar-refractivity contribution in [1.82, 2.24) is 4.90 Å². The number of carbonyl (C=O) groups is 1. The summed E-state index contributed by atoms with van der Waals surface area (Å²) in [6.45, 7) is 3.99.